The summed E-state index contributed by atoms with van der Waals surface area (Å²) in [6, 6.07) is 19.0. The van der Waals surface area contributed by atoms with Crippen molar-refractivity contribution in [1.29, 1.82) is 0 Å². The van der Waals surface area contributed by atoms with E-state index in [1.165, 1.54) is 11.3 Å². The molecule has 0 aliphatic heterocycles. The average Bonchev–Trinajstić information content (AvgIpc) is 3.30. The van der Waals surface area contributed by atoms with Crippen LogP contribution in [0.3, 0.4) is 0 Å². The van der Waals surface area contributed by atoms with E-state index in [1.807, 2.05) is 54.6 Å². The molecule has 0 bridgehead atoms. The number of aryl methyl sites for hydroxylation is 1. The van der Waals surface area contributed by atoms with E-state index in [2.05, 4.69) is 20.8 Å². The molecule has 0 fully saturated rings. The number of carbonyl (C=O) groups excluding carboxylic acids is 2. The second-order valence-corrected chi connectivity index (χ2v) is 6.98. The van der Waals surface area contributed by atoms with Crippen LogP contribution in [0.1, 0.15) is 25.9 Å². The molecule has 0 spiro atoms. The molecular formula is C20H16N4O2S. The molecule has 0 aliphatic carbocycles. The van der Waals surface area contributed by atoms with E-state index in [1.54, 1.807) is 13.0 Å². The van der Waals surface area contributed by atoms with Gasteiger partial charge in [0.05, 0.1) is 5.69 Å². The first-order valence-electron chi connectivity index (χ1n) is 8.33. The van der Waals surface area contributed by atoms with Gasteiger partial charge >= 0.3 is 0 Å². The summed E-state index contributed by atoms with van der Waals surface area (Å²) in [4.78, 5) is 32.7. The predicted octanol–water partition coefficient (Wildman–Crippen LogP) is 3.67. The highest BCUT2D eigenvalue weighted by Crippen LogP contribution is 2.27. The van der Waals surface area contributed by atoms with Crippen molar-refractivity contribution in [2.24, 2.45) is 0 Å². The molecule has 3 N–H and O–H groups in total. The fourth-order valence-corrected chi connectivity index (χ4v) is 3.71. The molecule has 0 atom stereocenters. The van der Waals surface area contributed by atoms with Gasteiger partial charge in [0.25, 0.3) is 11.8 Å². The number of carbonyl (C=O) groups is 2. The molecule has 2 heterocycles. The lowest BCUT2D eigenvalue weighted by molar-refractivity contribution is 0.0846. The second kappa shape index (κ2) is 7.05. The van der Waals surface area contributed by atoms with Crippen molar-refractivity contribution in [2.45, 2.75) is 6.92 Å². The highest BCUT2D eigenvalue weighted by molar-refractivity contribution is 7.17. The van der Waals surface area contributed by atoms with Crippen LogP contribution in [0, 0.1) is 6.92 Å². The molecule has 6 nitrogen and oxygen atoms in total. The second-order valence-electron chi connectivity index (χ2n) is 5.98. The summed E-state index contributed by atoms with van der Waals surface area (Å²) in [5.41, 5.74) is 7.71. The van der Waals surface area contributed by atoms with Crippen LogP contribution in [-0.4, -0.2) is 21.8 Å². The SMILES string of the molecule is Cc1nc(-c2ccccc2)sc1C(=O)NNC(=O)c1cc2ccccc2[nH]1. The molecule has 2 aromatic heterocycles. The Balaban J connectivity index is 1.46. The van der Waals surface area contributed by atoms with Gasteiger partial charge in [0.2, 0.25) is 0 Å². The number of para-hydroxylation sites is 1. The summed E-state index contributed by atoms with van der Waals surface area (Å²) in [6.07, 6.45) is 0. The van der Waals surface area contributed by atoms with Gasteiger partial charge < -0.3 is 4.98 Å². The Hall–Kier alpha value is -3.45. The Morgan fingerprint density at radius 2 is 1.67 bits per heavy atom. The van der Waals surface area contributed by atoms with Crippen molar-refractivity contribution >= 4 is 34.1 Å². The van der Waals surface area contributed by atoms with Gasteiger partial charge in [0, 0.05) is 16.5 Å². The number of hydrogen-bond donors (Lipinski definition) is 3. The van der Waals surface area contributed by atoms with E-state index in [9.17, 15) is 9.59 Å². The van der Waals surface area contributed by atoms with E-state index >= 15 is 0 Å². The Bertz CT molecular complexity index is 1100. The summed E-state index contributed by atoms with van der Waals surface area (Å²) >= 11 is 1.29. The number of aromatic amines is 1. The van der Waals surface area contributed by atoms with Gasteiger partial charge in [0.1, 0.15) is 15.6 Å². The Kier molecular flexibility index (Phi) is 4.43. The molecule has 0 aliphatic rings. The first-order chi connectivity index (χ1) is 13.1. The molecule has 2 aromatic carbocycles. The average molecular weight is 376 g/mol. The summed E-state index contributed by atoms with van der Waals surface area (Å²) in [6.45, 7) is 1.78. The standard InChI is InChI=1S/C20H16N4O2S/c1-12-17(27-20(21-12)13-7-3-2-4-8-13)19(26)24-23-18(25)16-11-14-9-5-6-10-15(14)22-16/h2-11,22H,1H3,(H,23,25)(H,24,26). The summed E-state index contributed by atoms with van der Waals surface area (Å²) in [7, 11) is 0. The fraction of sp³-hybridized carbons (Fsp3) is 0.0500. The minimum Gasteiger partial charge on any atom is -0.350 e. The van der Waals surface area contributed by atoms with Crippen LogP contribution >= 0.6 is 11.3 Å². The molecule has 0 radical (unpaired) electrons. The summed E-state index contributed by atoms with van der Waals surface area (Å²) < 4.78 is 0. The molecule has 2 amide bonds. The van der Waals surface area contributed by atoms with Crippen molar-refractivity contribution in [1.82, 2.24) is 20.8 Å². The number of thiazole rings is 1. The molecular weight excluding hydrogens is 360 g/mol. The summed E-state index contributed by atoms with van der Waals surface area (Å²) in [5.74, 6) is -0.804. The van der Waals surface area contributed by atoms with E-state index < -0.39 is 11.8 Å². The van der Waals surface area contributed by atoms with Crippen LogP contribution in [-0.2, 0) is 0 Å². The lowest BCUT2D eigenvalue weighted by Crippen LogP contribution is -2.41. The van der Waals surface area contributed by atoms with Gasteiger partial charge in [-0.3, -0.25) is 20.4 Å². The predicted molar refractivity (Wildman–Crippen MR) is 106 cm³/mol. The zero-order valence-corrected chi connectivity index (χ0v) is 15.3. The number of rotatable bonds is 3. The van der Waals surface area contributed by atoms with Crippen molar-refractivity contribution in [3.63, 3.8) is 0 Å². The lowest BCUT2D eigenvalue weighted by Gasteiger charge is -2.05. The van der Waals surface area contributed by atoms with Gasteiger partial charge in [-0.15, -0.1) is 11.3 Å². The van der Waals surface area contributed by atoms with Crippen LogP contribution in [0.4, 0.5) is 0 Å². The molecule has 4 aromatic rings. The quantitative estimate of drug-likeness (QED) is 0.477. The largest absolute Gasteiger partial charge is 0.350 e. The number of nitrogens with zero attached hydrogens (tertiary/aromatic N) is 1. The van der Waals surface area contributed by atoms with Crippen molar-refractivity contribution < 1.29 is 9.59 Å². The van der Waals surface area contributed by atoms with E-state index in [0.29, 0.717) is 16.3 Å². The third-order valence-corrected chi connectivity index (χ3v) is 5.29. The van der Waals surface area contributed by atoms with Gasteiger partial charge in [-0.1, -0.05) is 48.5 Å². The molecule has 0 saturated carbocycles. The first kappa shape index (κ1) is 17.0. The number of aromatic nitrogens is 2. The smallest absolute Gasteiger partial charge is 0.286 e. The zero-order valence-electron chi connectivity index (χ0n) is 14.4. The van der Waals surface area contributed by atoms with Gasteiger partial charge in [-0.2, -0.15) is 0 Å². The van der Waals surface area contributed by atoms with Crippen LogP contribution in [0.2, 0.25) is 0 Å². The van der Waals surface area contributed by atoms with E-state index in [-0.39, 0.29) is 0 Å². The van der Waals surface area contributed by atoms with E-state index in [0.717, 1.165) is 21.5 Å². The first-order valence-corrected chi connectivity index (χ1v) is 9.15. The monoisotopic (exact) mass is 376 g/mol. The third kappa shape index (κ3) is 3.45. The third-order valence-electron chi connectivity index (χ3n) is 4.09. The topological polar surface area (TPSA) is 86.9 Å². The molecule has 0 unspecified atom stereocenters. The minimum absolute atomic E-state index is 0.377. The highest BCUT2D eigenvalue weighted by Gasteiger charge is 2.17. The van der Waals surface area contributed by atoms with E-state index in [4.69, 9.17) is 0 Å². The number of H-pyrrole nitrogens is 1. The van der Waals surface area contributed by atoms with Gasteiger partial charge in [-0.25, -0.2) is 4.98 Å². The number of benzene rings is 2. The highest BCUT2D eigenvalue weighted by atomic mass is 32.1. The maximum Gasteiger partial charge on any atom is 0.286 e. The molecule has 27 heavy (non-hydrogen) atoms. The number of hydrazine groups is 1. The van der Waals surface area contributed by atoms with Crippen LogP contribution in [0.25, 0.3) is 21.5 Å². The Morgan fingerprint density at radius 1 is 0.963 bits per heavy atom. The van der Waals surface area contributed by atoms with Crippen molar-refractivity contribution in [3.05, 3.63) is 76.9 Å². The zero-order chi connectivity index (χ0) is 18.8. The lowest BCUT2D eigenvalue weighted by atomic mass is 10.2. The van der Waals surface area contributed by atoms with Crippen molar-refractivity contribution in [2.75, 3.05) is 0 Å². The summed E-state index contributed by atoms with van der Waals surface area (Å²) in [5, 5.41) is 1.69. The normalized spacial score (nSPS) is 10.7. The Labute approximate surface area is 159 Å². The number of nitrogens with one attached hydrogen (secondary N) is 3. The molecule has 7 heteroatoms. The number of amides is 2. The van der Waals surface area contributed by atoms with Crippen LogP contribution in [0.5, 0.6) is 0 Å². The Morgan fingerprint density at radius 3 is 2.44 bits per heavy atom. The molecule has 4 rings (SSSR count). The van der Waals surface area contributed by atoms with Gasteiger partial charge in [0.15, 0.2) is 0 Å². The van der Waals surface area contributed by atoms with Crippen LogP contribution < -0.4 is 10.9 Å². The maximum atomic E-state index is 12.5. The minimum atomic E-state index is -0.412. The fourth-order valence-electron chi connectivity index (χ4n) is 2.74. The number of hydrogen-bond acceptors (Lipinski definition) is 4. The van der Waals surface area contributed by atoms with Gasteiger partial charge in [-0.05, 0) is 19.1 Å². The van der Waals surface area contributed by atoms with Crippen LogP contribution in [0.15, 0.2) is 60.7 Å². The molecule has 134 valence electrons. The number of fused-ring (bicyclic) bond motifs is 1. The van der Waals surface area contributed by atoms with Crippen molar-refractivity contribution in [3.8, 4) is 10.6 Å². The maximum absolute atomic E-state index is 12.5. The molecule has 0 saturated heterocycles.